The second kappa shape index (κ2) is 5.04. The third kappa shape index (κ3) is 2.49. The average molecular weight is 307 g/mol. The quantitative estimate of drug-likeness (QED) is 0.650. The molecule has 1 heterocycles. The minimum Gasteiger partial charge on any atom is -0.326 e. The van der Waals surface area contributed by atoms with E-state index >= 15 is 0 Å². The molecule has 1 aromatic carbocycles. The molecule has 1 atom stereocenters. The van der Waals surface area contributed by atoms with Gasteiger partial charge in [0.25, 0.3) is 0 Å². The van der Waals surface area contributed by atoms with Crippen LogP contribution in [0.25, 0.3) is 0 Å². The van der Waals surface area contributed by atoms with Crippen LogP contribution in [0.3, 0.4) is 0 Å². The molecule has 0 radical (unpaired) electrons. The van der Waals surface area contributed by atoms with Crippen LogP contribution in [-0.2, 0) is 10.0 Å². The van der Waals surface area contributed by atoms with Crippen molar-refractivity contribution >= 4 is 15.7 Å². The molecule has 10 heteroatoms. The van der Waals surface area contributed by atoms with Gasteiger partial charge in [0, 0.05) is 31.3 Å². The van der Waals surface area contributed by atoms with Gasteiger partial charge in [-0.2, -0.15) is 8.70 Å². The first-order valence-electron chi connectivity index (χ1n) is 5.62. The lowest BCUT2D eigenvalue weighted by Gasteiger charge is -2.16. The summed E-state index contributed by atoms with van der Waals surface area (Å²) in [6.45, 7) is 0.0844. The van der Waals surface area contributed by atoms with Crippen LogP contribution in [0.2, 0.25) is 0 Å². The summed E-state index contributed by atoms with van der Waals surface area (Å²) in [5, 5.41) is 10.6. The maximum absolute atomic E-state index is 13.6. The zero-order valence-electron chi connectivity index (χ0n) is 10.1. The third-order valence-corrected chi connectivity index (χ3v) is 4.88. The molecule has 1 aromatic rings. The number of halogens is 2. The van der Waals surface area contributed by atoms with Crippen LogP contribution in [0.4, 0.5) is 14.5 Å². The minimum atomic E-state index is -4.27. The van der Waals surface area contributed by atoms with Crippen LogP contribution in [-0.4, -0.2) is 36.8 Å². The van der Waals surface area contributed by atoms with E-state index in [0.29, 0.717) is 12.5 Å². The average Bonchev–Trinajstić information content (AvgIpc) is 2.75. The van der Waals surface area contributed by atoms with Crippen LogP contribution in [0.1, 0.15) is 6.42 Å². The molecule has 110 valence electrons. The molecule has 2 rings (SSSR count). The Balaban J connectivity index is 2.51. The summed E-state index contributed by atoms with van der Waals surface area (Å²) in [5.41, 5.74) is 4.48. The monoisotopic (exact) mass is 307 g/mol. The Morgan fingerprint density at radius 3 is 2.50 bits per heavy atom. The van der Waals surface area contributed by atoms with Crippen LogP contribution in [0.15, 0.2) is 17.0 Å². The Morgan fingerprint density at radius 2 is 2.00 bits per heavy atom. The highest BCUT2D eigenvalue weighted by Crippen LogP contribution is 2.28. The molecule has 0 unspecified atom stereocenters. The van der Waals surface area contributed by atoms with Crippen LogP contribution < -0.4 is 5.73 Å². The Bertz CT molecular complexity index is 665. The molecule has 1 fully saturated rings. The molecule has 2 N–H and O–H groups in total. The van der Waals surface area contributed by atoms with Crippen molar-refractivity contribution in [3.05, 3.63) is 33.9 Å². The Kier molecular flexibility index (Phi) is 3.71. The van der Waals surface area contributed by atoms with E-state index in [1.807, 2.05) is 0 Å². The molecule has 0 spiro atoms. The summed E-state index contributed by atoms with van der Waals surface area (Å²) in [5.74, 6) is -2.79. The van der Waals surface area contributed by atoms with Gasteiger partial charge < -0.3 is 5.73 Å². The third-order valence-electron chi connectivity index (χ3n) is 3.00. The number of hydrogen-bond acceptors (Lipinski definition) is 5. The highest BCUT2D eigenvalue weighted by Gasteiger charge is 2.35. The van der Waals surface area contributed by atoms with E-state index in [2.05, 4.69) is 0 Å². The fourth-order valence-corrected chi connectivity index (χ4v) is 3.54. The van der Waals surface area contributed by atoms with Gasteiger partial charge >= 0.3 is 5.69 Å². The lowest BCUT2D eigenvalue weighted by molar-refractivity contribution is -0.387. The van der Waals surface area contributed by atoms with Crippen molar-refractivity contribution in [3.63, 3.8) is 0 Å². The smallest absolute Gasteiger partial charge is 0.306 e. The molecule has 20 heavy (non-hydrogen) atoms. The number of rotatable bonds is 3. The Labute approximate surface area is 113 Å². The van der Waals surface area contributed by atoms with Gasteiger partial charge in [0.1, 0.15) is 10.7 Å². The molecule has 1 aliphatic heterocycles. The van der Waals surface area contributed by atoms with Crippen LogP contribution in [0.5, 0.6) is 0 Å². The first kappa shape index (κ1) is 14.8. The van der Waals surface area contributed by atoms with E-state index in [-0.39, 0.29) is 25.2 Å². The van der Waals surface area contributed by atoms with E-state index < -0.39 is 37.2 Å². The van der Waals surface area contributed by atoms with Gasteiger partial charge in [-0.05, 0) is 6.42 Å². The van der Waals surface area contributed by atoms with Crippen molar-refractivity contribution in [3.8, 4) is 0 Å². The summed E-state index contributed by atoms with van der Waals surface area (Å²) in [7, 11) is -4.27. The molecule has 1 aliphatic rings. The fourth-order valence-electron chi connectivity index (χ4n) is 1.97. The summed E-state index contributed by atoms with van der Waals surface area (Å²) in [6.07, 6.45) is 0.407. The number of hydrogen-bond donors (Lipinski definition) is 1. The zero-order chi connectivity index (χ0) is 15.1. The van der Waals surface area contributed by atoms with Gasteiger partial charge in [-0.1, -0.05) is 0 Å². The molecular weight excluding hydrogens is 296 g/mol. The van der Waals surface area contributed by atoms with Gasteiger partial charge in [0.2, 0.25) is 15.8 Å². The van der Waals surface area contributed by atoms with Crippen molar-refractivity contribution in [2.75, 3.05) is 13.1 Å². The largest absolute Gasteiger partial charge is 0.326 e. The number of nitro benzene ring substituents is 1. The van der Waals surface area contributed by atoms with E-state index in [1.54, 1.807) is 0 Å². The topological polar surface area (TPSA) is 107 Å². The molecule has 0 aromatic heterocycles. The standard InChI is InChI=1S/C10H11F2N3O4S/c11-7-3-8(12)10(4-9(7)15(16)17)20(18,19)14-2-1-6(13)5-14/h3-4,6H,1-2,5,13H2/t6-/m0/s1. The van der Waals surface area contributed by atoms with Crippen molar-refractivity contribution < 1.29 is 22.1 Å². The molecule has 7 nitrogen and oxygen atoms in total. The van der Waals surface area contributed by atoms with Crippen LogP contribution in [0, 0.1) is 21.7 Å². The van der Waals surface area contributed by atoms with Crippen molar-refractivity contribution in [1.29, 1.82) is 0 Å². The Morgan fingerprint density at radius 1 is 1.35 bits per heavy atom. The highest BCUT2D eigenvalue weighted by atomic mass is 32.2. The van der Waals surface area contributed by atoms with Gasteiger partial charge in [0.15, 0.2) is 0 Å². The highest BCUT2D eigenvalue weighted by molar-refractivity contribution is 7.89. The molecule has 0 saturated carbocycles. The van der Waals surface area contributed by atoms with E-state index in [0.717, 1.165) is 4.31 Å². The first-order chi connectivity index (χ1) is 9.23. The molecule has 0 bridgehead atoms. The lowest BCUT2D eigenvalue weighted by Crippen LogP contribution is -2.32. The van der Waals surface area contributed by atoms with E-state index in [1.165, 1.54) is 0 Å². The van der Waals surface area contributed by atoms with Crippen molar-refractivity contribution in [1.82, 2.24) is 4.31 Å². The number of nitro groups is 1. The number of benzene rings is 1. The SMILES string of the molecule is N[C@H]1CCN(S(=O)(=O)c2cc([N+](=O)[O-])c(F)cc2F)C1. The van der Waals surface area contributed by atoms with Crippen molar-refractivity contribution in [2.24, 2.45) is 5.73 Å². The van der Waals surface area contributed by atoms with Gasteiger partial charge in [0.05, 0.1) is 4.92 Å². The van der Waals surface area contributed by atoms with E-state index in [4.69, 9.17) is 5.73 Å². The zero-order valence-corrected chi connectivity index (χ0v) is 10.9. The first-order valence-corrected chi connectivity index (χ1v) is 7.06. The Hall–Kier alpha value is -1.65. The molecule has 1 saturated heterocycles. The predicted molar refractivity (Wildman–Crippen MR) is 64.4 cm³/mol. The predicted octanol–water partition coefficient (Wildman–Crippen LogP) is 0.595. The maximum Gasteiger partial charge on any atom is 0.306 e. The number of sulfonamides is 1. The molecule has 0 aliphatic carbocycles. The summed E-state index contributed by atoms with van der Waals surface area (Å²) in [4.78, 5) is 8.58. The maximum atomic E-state index is 13.6. The minimum absolute atomic E-state index is 0.00700. The van der Waals surface area contributed by atoms with Gasteiger partial charge in [-0.25, -0.2) is 12.8 Å². The van der Waals surface area contributed by atoms with E-state index in [9.17, 15) is 27.3 Å². The number of nitrogens with two attached hydrogens (primary N) is 1. The summed E-state index contributed by atoms with van der Waals surface area (Å²) < 4.78 is 52.1. The second-order valence-corrected chi connectivity index (χ2v) is 6.31. The van der Waals surface area contributed by atoms with Gasteiger partial charge in [-0.3, -0.25) is 10.1 Å². The summed E-state index contributed by atoms with van der Waals surface area (Å²) >= 11 is 0. The normalized spacial score (nSPS) is 20.2. The lowest BCUT2D eigenvalue weighted by atomic mass is 10.3. The number of nitrogens with zero attached hydrogens (tertiary/aromatic N) is 2. The fraction of sp³-hybridized carbons (Fsp3) is 0.400. The van der Waals surface area contributed by atoms with Crippen LogP contribution >= 0.6 is 0 Å². The van der Waals surface area contributed by atoms with Crippen molar-refractivity contribution in [2.45, 2.75) is 17.4 Å². The van der Waals surface area contributed by atoms with Gasteiger partial charge in [-0.15, -0.1) is 0 Å². The molecule has 0 amide bonds. The molecular formula is C10H11F2N3O4S. The second-order valence-electron chi connectivity index (χ2n) is 4.40. The summed E-state index contributed by atoms with van der Waals surface area (Å²) in [6, 6.07) is 0.216.